The molecule has 0 spiro atoms. The van der Waals surface area contributed by atoms with Gasteiger partial charge in [-0.1, -0.05) is 25.1 Å². The number of likely N-dealkylation sites (N-methyl/N-ethyl adjacent to an activating group) is 1. The van der Waals surface area contributed by atoms with Crippen LogP contribution in [0.3, 0.4) is 0 Å². The normalized spacial score (nSPS) is 13.4. The molecule has 0 bridgehead atoms. The van der Waals surface area contributed by atoms with E-state index in [0.29, 0.717) is 5.56 Å². The van der Waals surface area contributed by atoms with Crippen LogP contribution >= 0.6 is 0 Å². The smallest absolute Gasteiger partial charge is 0.242 e. The summed E-state index contributed by atoms with van der Waals surface area (Å²) in [5, 5.41) is 2.97. The molecule has 0 aliphatic carbocycles. The molecule has 0 saturated heterocycles. The quantitative estimate of drug-likeness (QED) is 0.888. The molecule has 1 amide bonds. The second kappa shape index (κ2) is 6.15. The molecular weight excluding hydrogens is 243 g/mol. The van der Waals surface area contributed by atoms with Crippen molar-refractivity contribution in [1.82, 2.24) is 10.2 Å². The summed E-state index contributed by atoms with van der Waals surface area (Å²) in [6.45, 7) is 5.92. The molecule has 1 atom stereocenters. The van der Waals surface area contributed by atoms with Crippen LogP contribution in [-0.4, -0.2) is 30.4 Å². The van der Waals surface area contributed by atoms with Gasteiger partial charge in [-0.3, -0.25) is 9.69 Å². The van der Waals surface area contributed by atoms with Gasteiger partial charge in [-0.15, -0.1) is 0 Å². The van der Waals surface area contributed by atoms with Crippen molar-refractivity contribution in [3.63, 3.8) is 0 Å². The minimum absolute atomic E-state index is 0.179. The van der Waals surface area contributed by atoms with Gasteiger partial charge >= 0.3 is 0 Å². The number of carbonyl (C=O) groups excluding carboxylic acids is 1. The zero-order valence-corrected chi connectivity index (χ0v) is 12.3. The van der Waals surface area contributed by atoms with Crippen LogP contribution in [0, 0.1) is 5.82 Å². The highest BCUT2D eigenvalue weighted by Gasteiger charge is 2.29. The molecule has 0 saturated carbocycles. The van der Waals surface area contributed by atoms with E-state index in [0.717, 1.165) is 6.42 Å². The lowest BCUT2D eigenvalue weighted by molar-refractivity contribution is -0.127. The molecule has 0 heterocycles. The molecule has 0 unspecified atom stereocenters. The predicted octanol–water partition coefficient (Wildman–Crippen LogP) is 2.73. The molecule has 0 radical (unpaired) electrons. The van der Waals surface area contributed by atoms with Crippen molar-refractivity contribution < 1.29 is 9.18 Å². The third kappa shape index (κ3) is 4.03. The van der Waals surface area contributed by atoms with E-state index in [9.17, 15) is 9.18 Å². The SMILES string of the molecule is CCC(C)(C)NC(=O)[C@@H](c1ccccc1F)N(C)C. The Morgan fingerprint density at radius 1 is 1.37 bits per heavy atom. The first-order valence-electron chi connectivity index (χ1n) is 6.51. The van der Waals surface area contributed by atoms with Crippen molar-refractivity contribution in [3.8, 4) is 0 Å². The van der Waals surface area contributed by atoms with Crippen LogP contribution in [0.25, 0.3) is 0 Å². The summed E-state index contributed by atoms with van der Waals surface area (Å²) in [6, 6.07) is 5.78. The molecule has 19 heavy (non-hydrogen) atoms. The Balaban J connectivity index is 3.03. The third-order valence-electron chi connectivity index (χ3n) is 3.31. The summed E-state index contributed by atoms with van der Waals surface area (Å²) in [7, 11) is 3.55. The van der Waals surface area contributed by atoms with E-state index in [2.05, 4.69) is 5.32 Å². The van der Waals surface area contributed by atoms with Crippen molar-refractivity contribution in [3.05, 3.63) is 35.6 Å². The van der Waals surface area contributed by atoms with Gasteiger partial charge in [0.2, 0.25) is 5.91 Å². The number of hydrogen-bond acceptors (Lipinski definition) is 2. The molecule has 1 aromatic rings. The molecule has 0 aromatic heterocycles. The van der Waals surface area contributed by atoms with Gasteiger partial charge in [0, 0.05) is 11.1 Å². The maximum absolute atomic E-state index is 13.9. The lowest BCUT2D eigenvalue weighted by atomic mass is 9.99. The maximum Gasteiger partial charge on any atom is 0.242 e. The Labute approximate surface area is 114 Å². The number of nitrogens with one attached hydrogen (secondary N) is 1. The highest BCUT2D eigenvalue weighted by atomic mass is 19.1. The fourth-order valence-corrected chi connectivity index (χ4v) is 1.84. The Hall–Kier alpha value is -1.42. The van der Waals surface area contributed by atoms with Crippen LogP contribution in [0.15, 0.2) is 24.3 Å². The predicted molar refractivity (Wildman–Crippen MR) is 75.3 cm³/mol. The van der Waals surface area contributed by atoms with Crippen molar-refractivity contribution in [2.45, 2.75) is 38.8 Å². The number of nitrogens with zero attached hydrogens (tertiary/aromatic N) is 1. The van der Waals surface area contributed by atoms with Crippen LogP contribution in [-0.2, 0) is 4.79 Å². The topological polar surface area (TPSA) is 32.3 Å². The van der Waals surface area contributed by atoms with E-state index >= 15 is 0 Å². The standard InChI is InChI=1S/C15H23FN2O/c1-6-15(2,3)17-14(19)13(18(4)5)11-9-7-8-10-12(11)16/h7-10,13H,6H2,1-5H3,(H,17,19)/t13-/m1/s1. The molecule has 3 nitrogen and oxygen atoms in total. The number of benzene rings is 1. The highest BCUT2D eigenvalue weighted by molar-refractivity contribution is 5.83. The minimum Gasteiger partial charge on any atom is -0.350 e. The Morgan fingerprint density at radius 2 is 1.95 bits per heavy atom. The van der Waals surface area contributed by atoms with E-state index in [1.54, 1.807) is 37.2 Å². The molecule has 1 N–H and O–H groups in total. The second-order valence-corrected chi connectivity index (χ2v) is 5.61. The van der Waals surface area contributed by atoms with E-state index < -0.39 is 6.04 Å². The van der Waals surface area contributed by atoms with Gasteiger partial charge in [-0.25, -0.2) is 4.39 Å². The summed E-state index contributed by atoms with van der Waals surface area (Å²) in [4.78, 5) is 14.1. The molecule has 1 rings (SSSR count). The molecule has 0 fully saturated rings. The van der Waals surface area contributed by atoms with Crippen LogP contribution in [0.5, 0.6) is 0 Å². The lowest BCUT2D eigenvalue weighted by Crippen LogP contribution is -2.47. The average molecular weight is 266 g/mol. The Bertz CT molecular complexity index is 444. The number of carbonyl (C=O) groups is 1. The summed E-state index contributed by atoms with van der Waals surface area (Å²) >= 11 is 0. The number of amides is 1. The van der Waals surface area contributed by atoms with Gasteiger partial charge in [0.05, 0.1) is 0 Å². The molecular formula is C15H23FN2O. The first-order valence-corrected chi connectivity index (χ1v) is 6.51. The Morgan fingerprint density at radius 3 is 2.42 bits per heavy atom. The van der Waals surface area contributed by atoms with Crippen LogP contribution in [0.4, 0.5) is 4.39 Å². The van der Waals surface area contributed by atoms with Crippen molar-refractivity contribution in [2.75, 3.05) is 14.1 Å². The monoisotopic (exact) mass is 266 g/mol. The van der Waals surface area contributed by atoms with Gasteiger partial charge in [0.1, 0.15) is 11.9 Å². The van der Waals surface area contributed by atoms with E-state index in [4.69, 9.17) is 0 Å². The third-order valence-corrected chi connectivity index (χ3v) is 3.31. The van der Waals surface area contributed by atoms with Crippen molar-refractivity contribution >= 4 is 5.91 Å². The summed E-state index contributed by atoms with van der Waals surface area (Å²) in [5.41, 5.74) is 0.105. The van der Waals surface area contributed by atoms with Crippen molar-refractivity contribution in [2.24, 2.45) is 0 Å². The van der Waals surface area contributed by atoms with E-state index in [1.165, 1.54) is 6.07 Å². The van der Waals surface area contributed by atoms with Crippen LogP contribution in [0.1, 0.15) is 38.8 Å². The molecule has 106 valence electrons. The minimum atomic E-state index is -0.618. The molecule has 0 aliphatic heterocycles. The number of halogens is 1. The van der Waals surface area contributed by atoms with Crippen molar-refractivity contribution in [1.29, 1.82) is 0 Å². The van der Waals surface area contributed by atoms with Gasteiger partial charge < -0.3 is 5.32 Å². The molecule has 4 heteroatoms. The highest BCUT2D eigenvalue weighted by Crippen LogP contribution is 2.22. The van der Waals surface area contributed by atoms with Crippen LogP contribution in [0.2, 0.25) is 0 Å². The summed E-state index contributed by atoms with van der Waals surface area (Å²) < 4.78 is 13.9. The van der Waals surface area contributed by atoms with E-state index in [-0.39, 0.29) is 17.3 Å². The first kappa shape index (κ1) is 15.6. The molecule has 1 aromatic carbocycles. The Kier molecular flexibility index (Phi) is 5.06. The average Bonchev–Trinajstić information content (AvgIpc) is 2.31. The second-order valence-electron chi connectivity index (χ2n) is 5.61. The zero-order chi connectivity index (χ0) is 14.6. The van der Waals surface area contributed by atoms with E-state index in [1.807, 2.05) is 20.8 Å². The van der Waals surface area contributed by atoms with Gasteiger partial charge in [-0.05, 0) is 40.4 Å². The number of hydrogen-bond donors (Lipinski definition) is 1. The fraction of sp³-hybridized carbons (Fsp3) is 0.533. The summed E-state index contributed by atoms with van der Waals surface area (Å²) in [6.07, 6.45) is 0.816. The molecule has 0 aliphatic rings. The largest absolute Gasteiger partial charge is 0.350 e. The van der Waals surface area contributed by atoms with Gasteiger partial charge in [0.25, 0.3) is 0 Å². The van der Waals surface area contributed by atoms with Crippen LogP contribution < -0.4 is 5.32 Å². The number of rotatable bonds is 5. The maximum atomic E-state index is 13.9. The lowest BCUT2D eigenvalue weighted by Gasteiger charge is -2.30. The zero-order valence-electron chi connectivity index (χ0n) is 12.3. The summed E-state index contributed by atoms with van der Waals surface area (Å²) in [5.74, 6) is -0.535. The fourth-order valence-electron chi connectivity index (χ4n) is 1.84. The van der Waals surface area contributed by atoms with Gasteiger partial charge in [-0.2, -0.15) is 0 Å². The van der Waals surface area contributed by atoms with Gasteiger partial charge in [0.15, 0.2) is 0 Å². The first-order chi connectivity index (χ1) is 8.78.